The SMILES string of the molecule is COC(=O)C(=O)Cc1ccc2c(c1)CCO2. The molecule has 0 unspecified atom stereocenters. The van der Waals surface area contributed by atoms with Gasteiger partial charge in [0.15, 0.2) is 0 Å². The van der Waals surface area contributed by atoms with Crippen LogP contribution in [0.25, 0.3) is 0 Å². The van der Waals surface area contributed by atoms with Crippen LogP contribution < -0.4 is 4.74 Å². The number of Topliss-reactive ketones (excluding diaryl/α,β-unsaturated/α-hetero) is 1. The van der Waals surface area contributed by atoms with Gasteiger partial charge in [-0.15, -0.1) is 0 Å². The number of hydrogen-bond donors (Lipinski definition) is 0. The van der Waals surface area contributed by atoms with Crippen LogP contribution in [-0.4, -0.2) is 25.5 Å². The van der Waals surface area contributed by atoms with Crippen LogP contribution >= 0.6 is 0 Å². The minimum atomic E-state index is -0.795. The lowest BCUT2D eigenvalue weighted by atomic mass is 10.0. The fourth-order valence-electron chi connectivity index (χ4n) is 1.72. The molecule has 4 heteroatoms. The van der Waals surface area contributed by atoms with Crippen LogP contribution in [0, 0.1) is 0 Å². The summed E-state index contributed by atoms with van der Waals surface area (Å²) in [7, 11) is 1.21. The summed E-state index contributed by atoms with van der Waals surface area (Å²) in [5, 5.41) is 0. The van der Waals surface area contributed by atoms with Crippen molar-refractivity contribution in [2.24, 2.45) is 0 Å². The molecule has 0 N–H and O–H groups in total. The number of esters is 1. The normalized spacial score (nSPS) is 12.8. The van der Waals surface area contributed by atoms with Crippen LogP contribution in [-0.2, 0) is 27.2 Å². The number of carbonyl (C=O) groups excluding carboxylic acids is 2. The number of hydrogen-bond acceptors (Lipinski definition) is 4. The maximum absolute atomic E-state index is 11.3. The van der Waals surface area contributed by atoms with E-state index in [-0.39, 0.29) is 6.42 Å². The lowest BCUT2D eigenvalue weighted by Gasteiger charge is -2.02. The summed E-state index contributed by atoms with van der Waals surface area (Å²) < 4.78 is 9.71. The lowest BCUT2D eigenvalue weighted by Crippen LogP contribution is -2.17. The summed E-state index contributed by atoms with van der Waals surface area (Å²) in [5.74, 6) is -0.451. The van der Waals surface area contributed by atoms with Gasteiger partial charge in [-0.3, -0.25) is 4.79 Å². The van der Waals surface area contributed by atoms with Crippen molar-refractivity contribution in [2.75, 3.05) is 13.7 Å². The Morgan fingerprint density at radius 3 is 3.00 bits per heavy atom. The maximum atomic E-state index is 11.3. The van der Waals surface area contributed by atoms with Crippen molar-refractivity contribution >= 4 is 11.8 Å². The summed E-state index contributed by atoms with van der Waals surface area (Å²) in [6.45, 7) is 0.684. The number of ketones is 1. The Labute approximate surface area is 93.2 Å². The van der Waals surface area contributed by atoms with Gasteiger partial charge < -0.3 is 9.47 Å². The molecule has 1 aliphatic rings. The molecule has 0 spiro atoms. The molecular formula is C12H12O4. The predicted octanol–water partition coefficient (Wildman–Crippen LogP) is 0.906. The first-order valence-corrected chi connectivity index (χ1v) is 5.06. The first kappa shape index (κ1) is 10.7. The van der Waals surface area contributed by atoms with E-state index in [1.165, 1.54) is 7.11 Å². The summed E-state index contributed by atoms with van der Waals surface area (Å²) in [6, 6.07) is 5.54. The highest BCUT2D eigenvalue weighted by atomic mass is 16.5. The van der Waals surface area contributed by atoms with E-state index in [1.54, 1.807) is 6.07 Å². The molecular weight excluding hydrogens is 208 g/mol. The molecule has 1 aromatic rings. The van der Waals surface area contributed by atoms with Crippen molar-refractivity contribution in [3.8, 4) is 5.75 Å². The topological polar surface area (TPSA) is 52.6 Å². The zero-order valence-corrected chi connectivity index (χ0v) is 8.99. The van der Waals surface area contributed by atoms with Gasteiger partial charge in [-0.25, -0.2) is 4.79 Å². The lowest BCUT2D eigenvalue weighted by molar-refractivity contribution is -0.151. The number of fused-ring (bicyclic) bond motifs is 1. The fraction of sp³-hybridized carbons (Fsp3) is 0.333. The molecule has 0 radical (unpaired) electrons. The van der Waals surface area contributed by atoms with Crippen molar-refractivity contribution in [1.29, 1.82) is 0 Å². The first-order valence-electron chi connectivity index (χ1n) is 5.06. The highest BCUT2D eigenvalue weighted by Crippen LogP contribution is 2.25. The third kappa shape index (κ3) is 2.05. The van der Waals surface area contributed by atoms with E-state index in [0.717, 1.165) is 23.3 Å². The molecule has 0 atom stereocenters. The van der Waals surface area contributed by atoms with Gasteiger partial charge in [-0.2, -0.15) is 0 Å². The zero-order valence-electron chi connectivity index (χ0n) is 8.99. The van der Waals surface area contributed by atoms with Crippen LogP contribution in [0.1, 0.15) is 11.1 Å². The molecule has 0 aromatic heterocycles. The van der Waals surface area contributed by atoms with Gasteiger partial charge >= 0.3 is 5.97 Å². The molecule has 4 nitrogen and oxygen atoms in total. The predicted molar refractivity (Wildman–Crippen MR) is 56.4 cm³/mol. The van der Waals surface area contributed by atoms with Crippen molar-refractivity contribution in [2.45, 2.75) is 12.8 Å². The second-order valence-electron chi connectivity index (χ2n) is 3.63. The molecule has 1 heterocycles. The number of methoxy groups -OCH3 is 1. The van der Waals surface area contributed by atoms with Crippen LogP contribution in [0.5, 0.6) is 5.75 Å². The van der Waals surface area contributed by atoms with Gasteiger partial charge in [0.25, 0.3) is 0 Å². The molecule has 1 aromatic carbocycles. The van der Waals surface area contributed by atoms with Crippen LogP contribution in [0.15, 0.2) is 18.2 Å². The molecule has 0 saturated carbocycles. The largest absolute Gasteiger partial charge is 0.493 e. The summed E-state index contributed by atoms with van der Waals surface area (Å²) in [4.78, 5) is 22.3. The number of rotatable bonds is 3. The van der Waals surface area contributed by atoms with Gasteiger partial charge in [0, 0.05) is 12.8 Å². The molecule has 0 bridgehead atoms. The molecule has 16 heavy (non-hydrogen) atoms. The van der Waals surface area contributed by atoms with E-state index < -0.39 is 11.8 Å². The minimum absolute atomic E-state index is 0.0833. The van der Waals surface area contributed by atoms with E-state index in [0.29, 0.717) is 6.61 Å². The van der Waals surface area contributed by atoms with Crippen molar-refractivity contribution in [3.05, 3.63) is 29.3 Å². The summed E-state index contributed by atoms with van der Waals surface area (Å²) in [5.41, 5.74) is 1.91. The highest BCUT2D eigenvalue weighted by Gasteiger charge is 2.17. The standard InChI is InChI=1S/C12H12O4/c1-15-12(14)10(13)7-8-2-3-11-9(6-8)4-5-16-11/h2-3,6H,4-5,7H2,1H3. The third-order valence-corrected chi connectivity index (χ3v) is 2.53. The monoisotopic (exact) mass is 220 g/mol. The fourth-order valence-corrected chi connectivity index (χ4v) is 1.72. The summed E-state index contributed by atoms with van der Waals surface area (Å²) in [6.07, 6.45) is 0.940. The number of carbonyl (C=O) groups is 2. The smallest absolute Gasteiger partial charge is 0.374 e. The Hall–Kier alpha value is -1.84. The Morgan fingerprint density at radius 2 is 2.25 bits per heavy atom. The molecule has 0 saturated heterocycles. The average Bonchev–Trinajstić information content (AvgIpc) is 2.75. The van der Waals surface area contributed by atoms with Gasteiger partial charge in [0.1, 0.15) is 5.75 Å². The van der Waals surface area contributed by atoms with Crippen LogP contribution in [0.2, 0.25) is 0 Å². The van der Waals surface area contributed by atoms with Crippen molar-refractivity contribution in [3.63, 3.8) is 0 Å². The average molecular weight is 220 g/mol. The number of ether oxygens (including phenoxy) is 2. The highest BCUT2D eigenvalue weighted by molar-refractivity contribution is 6.34. The van der Waals surface area contributed by atoms with E-state index >= 15 is 0 Å². The first-order chi connectivity index (χ1) is 7.70. The van der Waals surface area contributed by atoms with Crippen molar-refractivity contribution < 1.29 is 19.1 Å². The second kappa shape index (κ2) is 4.35. The number of benzene rings is 1. The van der Waals surface area contributed by atoms with E-state index in [2.05, 4.69) is 4.74 Å². The third-order valence-electron chi connectivity index (χ3n) is 2.53. The van der Waals surface area contributed by atoms with Crippen LogP contribution in [0.4, 0.5) is 0 Å². The van der Waals surface area contributed by atoms with E-state index in [4.69, 9.17) is 4.74 Å². The summed E-state index contributed by atoms with van der Waals surface area (Å²) >= 11 is 0. The molecule has 2 rings (SSSR count). The van der Waals surface area contributed by atoms with Gasteiger partial charge in [0.05, 0.1) is 13.7 Å². The molecule has 0 amide bonds. The molecule has 84 valence electrons. The second-order valence-corrected chi connectivity index (χ2v) is 3.63. The van der Waals surface area contributed by atoms with Crippen LogP contribution in [0.3, 0.4) is 0 Å². The Kier molecular flexibility index (Phi) is 2.90. The van der Waals surface area contributed by atoms with Crippen molar-refractivity contribution in [1.82, 2.24) is 0 Å². The van der Waals surface area contributed by atoms with Gasteiger partial charge in [-0.05, 0) is 17.2 Å². The van der Waals surface area contributed by atoms with E-state index in [9.17, 15) is 9.59 Å². The minimum Gasteiger partial charge on any atom is -0.493 e. The zero-order chi connectivity index (χ0) is 11.5. The van der Waals surface area contributed by atoms with Gasteiger partial charge in [-0.1, -0.05) is 12.1 Å². The maximum Gasteiger partial charge on any atom is 0.374 e. The Balaban J connectivity index is 2.11. The Bertz CT molecular complexity index is 437. The quantitative estimate of drug-likeness (QED) is 0.561. The molecule has 0 fully saturated rings. The van der Waals surface area contributed by atoms with Gasteiger partial charge in [0.2, 0.25) is 5.78 Å². The Morgan fingerprint density at radius 1 is 1.44 bits per heavy atom. The van der Waals surface area contributed by atoms with E-state index in [1.807, 2.05) is 12.1 Å². The molecule has 1 aliphatic heterocycles. The molecule has 0 aliphatic carbocycles.